The lowest BCUT2D eigenvalue weighted by Crippen LogP contribution is -2.41. The van der Waals surface area contributed by atoms with E-state index in [9.17, 15) is 18.0 Å². The van der Waals surface area contributed by atoms with Crippen molar-refractivity contribution in [2.45, 2.75) is 31.6 Å². The number of nitrogens with one attached hydrogen (secondary N) is 2. The molecule has 0 aromatic heterocycles. The number of amides is 2. The van der Waals surface area contributed by atoms with Gasteiger partial charge in [0.2, 0.25) is 15.9 Å². The molecular formula is C26H36N4O5S. The number of aryl methyl sites for hydroxylation is 2. The SMILES string of the molecule is COc1cc(C)c(S(=O)(=O)N(C)CC(=O)NCCNC(=O)c2ccc3c(c2)CCN(C)CC3)c(C)c1. The van der Waals surface area contributed by atoms with E-state index in [1.165, 1.54) is 25.3 Å². The van der Waals surface area contributed by atoms with Crippen LogP contribution in [0.25, 0.3) is 0 Å². The Morgan fingerprint density at radius 3 is 2.25 bits per heavy atom. The lowest BCUT2D eigenvalue weighted by molar-refractivity contribution is -0.121. The topological polar surface area (TPSA) is 108 Å². The number of fused-ring (bicyclic) bond motifs is 1. The molecule has 0 saturated carbocycles. The fraction of sp³-hybridized carbons (Fsp3) is 0.462. The fourth-order valence-corrected chi connectivity index (χ4v) is 5.92. The smallest absolute Gasteiger partial charge is 0.251 e. The molecule has 10 heteroatoms. The Hall–Kier alpha value is -2.95. The molecule has 1 heterocycles. The Labute approximate surface area is 213 Å². The normalized spacial score (nSPS) is 14.2. The first kappa shape index (κ1) is 27.6. The molecule has 0 unspecified atom stereocenters. The molecule has 0 radical (unpaired) electrons. The minimum absolute atomic E-state index is 0.165. The molecule has 0 fully saturated rings. The van der Waals surface area contributed by atoms with Gasteiger partial charge in [0.25, 0.3) is 5.91 Å². The molecular weight excluding hydrogens is 480 g/mol. The van der Waals surface area contributed by atoms with Crippen LogP contribution >= 0.6 is 0 Å². The highest BCUT2D eigenvalue weighted by atomic mass is 32.2. The van der Waals surface area contributed by atoms with Gasteiger partial charge < -0.3 is 20.3 Å². The van der Waals surface area contributed by atoms with Crippen molar-refractivity contribution in [1.82, 2.24) is 19.8 Å². The first-order valence-electron chi connectivity index (χ1n) is 12.0. The number of methoxy groups -OCH3 is 1. The molecule has 1 aliphatic heterocycles. The Morgan fingerprint density at radius 1 is 1.00 bits per heavy atom. The van der Waals surface area contributed by atoms with E-state index in [0.29, 0.717) is 22.4 Å². The van der Waals surface area contributed by atoms with Gasteiger partial charge in [-0.1, -0.05) is 6.07 Å². The van der Waals surface area contributed by atoms with Gasteiger partial charge in [0.1, 0.15) is 5.75 Å². The van der Waals surface area contributed by atoms with E-state index >= 15 is 0 Å². The monoisotopic (exact) mass is 516 g/mol. The van der Waals surface area contributed by atoms with Crippen LogP contribution in [-0.4, -0.2) is 83.4 Å². The van der Waals surface area contributed by atoms with Gasteiger partial charge in [-0.25, -0.2) is 8.42 Å². The maximum absolute atomic E-state index is 13.1. The van der Waals surface area contributed by atoms with Crippen LogP contribution in [0.5, 0.6) is 5.75 Å². The molecule has 0 bridgehead atoms. The lowest BCUT2D eigenvalue weighted by atomic mass is 10.00. The minimum atomic E-state index is -3.87. The Kier molecular flexibility index (Phi) is 9.10. The third-order valence-electron chi connectivity index (χ3n) is 6.43. The number of likely N-dealkylation sites (N-methyl/N-ethyl adjacent to an activating group) is 2. The number of hydrogen-bond acceptors (Lipinski definition) is 6. The van der Waals surface area contributed by atoms with Crippen molar-refractivity contribution in [2.24, 2.45) is 0 Å². The van der Waals surface area contributed by atoms with Gasteiger partial charge in [0, 0.05) is 38.8 Å². The quantitative estimate of drug-likeness (QED) is 0.489. The highest BCUT2D eigenvalue weighted by Gasteiger charge is 2.27. The van der Waals surface area contributed by atoms with Crippen molar-refractivity contribution >= 4 is 21.8 Å². The number of nitrogens with zero attached hydrogens (tertiary/aromatic N) is 2. The highest BCUT2D eigenvalue weighted by Crippen LogP contribution is 2.27. The van der Waals surface area contributed by atoms with Gasteiger partial charge in [-0.05, 0) is 80.3 Å². The standard InChI is InChI=1S/C26H36N4O5S/c1-18-14-23(35-5)15-19(2)25(18)36(33,34)30(4)17-24(31)27-10-11-28-26(32)22-7-6-20-8-12-29(3)13-9-21(20)16-22/h6-7,14-16H,8-13,17H2,1-5H3,(H,27,31)(H,28,32). The maximum atomic E-state index is 13.1. The van der Waals surface area contributed by atoms with Crippen LogP contribution in [0.15, 0.2) is 35.2 Å². The van der Waals surface area contributed by atoms with Crippen molar-refractivity contribution in [3.05, 3.63) is 58.1 Å². The van der Waals surface area contributed by atoms with Gasteiger partial charge >= 0.3 is 0 Å². The van der Waals surface area contributed by atoms with Crippen molar-refractivity contribution in [1.29, 1.82) is 0 Å². The zero-order valence-corrected chi connectivity index (χ0v) is 22.5. The van der Waals surface area contributed by atoms with Crippen molar-refractivity contribution in [3.63, 3.8) is 0 Å². The predicted octanol–water partition coefficient (Wildman–Crippen LogP) is 1.51. The van der Waals surface area contributed by atoms with E-state index in [0.717, 1.165) is 30.2 Å². The van der Waals surface area contributed by atoms with Crippen LogP contribution in [0.1, 0.15) is 32.6 Å². The van der Waals surface area contributed by atoms with Gasteiger partial charge in [-0.15, -0.1) is 0 Å². The van der Waals surface area contributed by atoms with Gasteiger partial charge in [0.15, 0.2) is 0 Å². The molecule has 0 spiro atoms. The molecule has 9 nitrogen and oxygen atoms in total. The van der Waals surface area contributed by atoms with E-state index in [-0.39, 0.29) is 30.4 Å². The Morgan fingerprint density at radius 2 is 1.61 bits per heavy atom. The van der Waals surface area contributed by atoms with E-state index in [1.54, 1.807) is 26.0 Å². The third-order valence-corrected chi connectivity index (χ3v) is 8.54. The summed E-state index contributed by atoms with van der Waals surface area (Å²) in [6.45, 7) is 5.45. The van der Waals surface area contributed by atoms with Crippen LogP contribution in [0.2, 0.25) is 0 Å². The average molecular weight is 517 g/mol. The minimum Gasteiger partial charge on any atom is -0.497 e. The number of rotatable bonds is 9. The third kappa shape index (κ3) is 6.63. The zero-order chi connectivity index (χ0) is 26.5. The van der Waals surface area contributed by atoms with Gasteiger partial charge in [0.05, 0.1) is 18.6 Å². The number of ether oxygens (including phenoxy) is 1. The number of sulfonamides is 1. The zero-order valence-electron chi connectivity index (χ0n) is 21.7. The summed E-state index contributed by atoms with van der Waals surface area (Å²) in [6, 6.07) is 9.11. The second kappa shape index (κ2) is 11.9. The number of carbonyl (C=O) groups excluding carboxylic acids is 2. The summed E-state index contributed by atoms with van der Waals surface area (Å²) in [5.41, 5.74) is 4.17. The molecule has 36 heavy (non-hydrogen) atoms. The summed E-state index contributed by atoms with van der Waals surface area (Å²) < 4.78 is 32.4. The molecule has 2 aromatic rings. The molecule has 2 N–H and O–H groups in total. The molecule has 0 aliphatic carbocycles. The summed E-state index contributed by atoms with van der Waals surface area (Å²) in [5.74, 6) is -0.0759. The largest absolute Gasteiger partial charge is 0.497 e. The van der Waals surface area contributed by atoms with E-state index in [4.69, 9.17) is 4.74 Å². The molecule has 0 atom stereocenters. The van der Waals surface area contributed by atoms with Crippen LogP contribution in [0.4, 0.5) is 0 Å². The van der Waals surface area contributed by atoms with Crippen LogP contribution < -0.4 is 15.4 Å². The summed E-state index contributed by atoms with van der Waals surface area (Å²) in [4.78, 5) is 27.4. The maximum Gasteiger partial charge on any atom is 0.251 e. The van der Waals surface area contributed by atoms with Crippen LogP contribution in [-0.2, 0) is 27.7 Å². The van der Waals surface area contributed by atoms with Gasteiger partial charge in [-0.2, -0.15) is 4.31 Å². The highest BCUT2D eigenvalue weighted by molar-refractivity contribution is 7.89. The Balaban J connectivity index is 1.50. The second-order valence-corrected chi connectivity index (χ2v) is 11.2. The van der Waals surface area contributed by atoms with Crippen LogP contribution in [0.3, 0.4) is 0 Å². The van der Waals surface area contributed by atoms with Crippen molar-refractivity contribution in [3.8, 4) is 5.75 Å². The summed E-state index contributed by atoms with van der Waals surface area (Å²) >= 11 is 0. The fourth-order valence-electron chi connectivity index (χ4n) is 4.39. The summed E-state index contributed by atoms with van der Waals surface area (Å²) in [5, 5.41) is 5.48. The lowest BCUT2D eigenvalue weighted by Gasteiger charge is -2.20. The van der Waals surface area contributed by atoms with E-state index in [1.807, 2.05) is 18.2 Å². The van der Waals surface area contributed by atoms with E-state index < -0.39 is 15.9 Å². The molecule has 196 valence electrons. The molecule has 2 aromatic carbocycles. The Bertz CT molecular complexity index is 1210. The van der Waals surface area contributed by atoms with Crippen molar-refractivity contribution < 1.29 is 22.7 Å². The van der Waals surface area contributed by atoms with Gasteiger partial charge in [-0.3, -0.25) is 9.59 Å². The molecule has 0 saturated heterocycles. The first-order valence-corrected chi connectivity index (χ1v) is 13.4. The number of benzene rings is 2. The van der Waals surface area contributed by atoms with Crippen molar-refractivity contribution in [2.75, 3.05) is 53.9 Å². The predicted molar refractivity (Wildman–Crippen MR) is 139 cm³/mol. The molecule has 2 amide bonds. The number of hydrogen-bond donors (Lipinski definition) is 2. The average Bonchev–Trinajstić information content (AvgIpc) is 3.01. The summed E-state index contributed by atoms with van der Waals surface area (Å²) in [6.07, 6.45) is 1.89. The van der Waals surface area contributed by atoms with E-state index in [2.05, 4.69) is 22.6 Å². The second-order valence-electron chi connectivity index (χ2n) is 9.24. The molecule has 3 rings (SSSR count). The first-order chi connectivity index (χ1) is 17.0. The van der Waals surface area contributed by atoms with Crippen LogP contribution in [0, 0.1) is 13.8 Å². The summed E-state index contributed by atoms with van der Waals surface area (Å²) in [7, 11) is 1.12. The molecule has 1 aliphatic rings. The number of carbonyl (C=O) groups is 2.